The zero-order valence-electron chi connectivity index (χ0n) is 7.84. The van der Waals surface area contributed by atoms with Crippen molar-refractivity contribution in [2.45, 2.75) is 30.3 Å². The second-order valence-electron chi connectivity index (χ2n) is 2.95. The minimum atomic E-state index is -1.72. The summed E-state index contributed by atoms with van der Waals surface area (Å²) >= 11 is 16.8. The molecule has 0 aliphatic heterocycles. The molecule has 1 heterocycles. The van der Waals surface area contributed by atoms with Gasteiger partial charge in [0.25, 0.3) is 0 Å². The molecule has 3 nitrogen and oxygen atoms in total. The predicted molar refractivity (Wildman–Crippen MR) is 57.9 cm³/mol. The number of aliphatic hydroxyl groups is 1. The molecule has 0 amide bonds. The topological polar surface area (TPSA) is 38.0 Å². The van der Waals surface area contributed by atoms with Gasteiger partial charge < -0.3 is 5.11 Å². The first-order valence-electron chi connectivity index (χ1n) is 4.15. The van der Waals surface area contributed by atoms with Gasteiger partial charge in [-0.15, -0.1) is 0 Å². The van der Waals surface area contributed by atoms with E-state index in [9.17, 15) is 5.11 Å². The molecule has 1 N–H and O–H groups in total. The Kier molecular flexibility index (Phi) is 3.69. The number of aryl methyl sites for hydroxylation is 1. The van der Waals surface area contributed by atoms with Crippen LogP contribution in [0, 0.1) is 6.92 Å². The Morgan fingerprint density at radius 2 is 2.14 bits per heavy atom. The summed E-state index contributed by atoms with van der Waals surface area (Å²) < 4.78 is 0.0152. The van der Waals surface area contributed by atoms with Gasteiger partial charge in [0.15, 0.2) is 0 Å². The largest absolute Gasteiger partial charge is 0.384 e. The average molecular weight is 258 g/mol. The number of aliphatic hydroxyl groups excluding tert-OH is 1. The normalized spacial score (nSPS) is 14.4. The number of hydrogen-bond donors (Lipinski definition) is 1. The first-order valence-corrected chi connectivity index (χ1v) is 5.28. The van der Waals surface area contributed by atoms with Crippen LogP contribution in [0.2, 0.25) is 0 Å². The summed E-state index contributed by atoms with van der Waals surface area (Å²) in [5.74, 6) is 0. The van der Waals surface area contributed by atoms with Gasteiger partial charge in [-0.2, -0.15) is 5.10 Å². The molecule has 0 spiro atoms. The molecule has 14 heavy (non-hydrogen) atoms. The molecule has 1 rings (SSSR count). The van der Waals surface area contributed by atoms with Crippen molar-refractivity contribution in [2.75, 3.05) is 0 Å². The Labute approximate surface area is 97.6 Å². The SMILES string of the molecule is CCn1ncc([C@@H](O)C(Cl)(Cl)Cl)c1C. The molecular weight excluding hydrogens is 246 g/mol. The smallest absolute Gasteiger partial charge is 0.220 e. The van der Waals surface area contributed by atoms with E-state index in [0.29, 0.717) is 5.56 Å². The van der Waals surface area contributed by atoms with E-state index in [1.807, 2.05) is 13.8 Å². The minimum Gasteiger partial charge on any atom is -0.384 e. The summed E-state index contributed by atoms with van der Waals surface area (Å²) in [6.07, 6.45) is 0.374. The molecule has 0 fully saturated rings. The maximum Gasteiger partial charge on any atom is 0.220 e. The van der Waals surface area contributed by atoms with E-state index in [1.165, 1.54) is 6.20 Å². The number of nitrogens with zero attached hydrogens (tertiary/aromatic N) is 2. The van der Waals surface area contributed by atoms with Gasteiger partial charge in [0.05, 0.1) is 6.20 Å². The fraction of sp³-hybridized carbons (Fsp3) is 0.625. The molecule has 1 aromatic rings. The van der Waals surface area contributed by atoms with Gasteiger partial charge in [-0.25, -0.2) is 0 Å². The van der Waals surface area contributed by atoms with Gasteiger partial charge in [-0.3, -0.25) is 4.68 Å². The first-order chi connectivity index (χ1) is 6.38. The van der Waals surface area contributed by atoms with Crippen LogP contribution in [0.25, 0.3) is 0 Å². The zero-order chi connectivity index (χ0) is 10.9. The highest BCUT2D eigenvalue weighted by atomic mass is 35.6. The third kappa shape index (κ3) is 2.34. The monoisotopic (exact) mass is 256 g/mol. The van der Waals surface area contributed by atoms with Crippen LogP contribution in [0.3, 0.4) is 0 Å². The Hall–Kier alpha value is 0.0400. The van der Waals surface area contributed by atoms with E-state index >= 15 is 0 Å². The molecule has 0 aliphatic rings. The fourth-order valence-corrected chi connectivity index (χ4v) is 1.58. The van der Waals surface area contributed by atoms with Gasteiger partial charge in [0.1, 0.15) is 6.10 Å². The van der Waals surface area contributed by atoms with Crippen LogP contribution < -0.4 is 0 Å². The molecule has 0 saturated carbocycles. The number of alkyl halides is 3. The highest BCUT2D eigenvalue weighted by molar-refractivity contribution is 6.68. The second kappa shape index (κ2) is 4.27. The second-order valence-corrected chi connectivity index (χ2v) is 5.31. The lowest BCUT2D eigenvalue weighted by Crippen LogP contribution is -2.17. The van der Waals surface area contributed by atoms with Crippen molar-refractivity contribution in [3.8, 4) is 0 Å². The lowest BCUT2D eigenvalue weighted by atomic mass is 10.1. The van der Waals surface area contributed by atoms with Gasteiger partial charge in [-0.1, -0.05) is 34.8 Å². The third-order valence-electron chi connectivity index (χ3n) is 2.05. The number of halogens is 3. The van der Waals surface area contributed by atoms with Crippen molar-refractivity contribution in [1.82, 2.24) is 9.78 Å². The Morgan fingerprint density at radius 3 is 2.50 bits per heavy atom. The van der Waals surface area contributed by atoms with Crippen molar-refractivity contribution in [1.29, 1.82) is 0 Å². The summed E-state index contributed by atoms with van der Waals surface area (Å²) in [7, 11) is 0. The van der Waals surface area contributed by atoms with Crippen LogP contribution in [0.15, 0.2) is 6.20 Å². The summed E-state index contributed by atoms with van der Waals surface area (Å²) in [5.41, 5.74) is 1.36. The van der Waals surface area contributed by atoms with E-state index in [2.05, 4.69) is 5.10 Å². The molecule has 80 valence electrons. The minimum absolute atomic E-state index is 0.548. The van der Waals surface area contributed by atoms with Crippen LogP contribution in [0.5, 0.6) is 0 Å². The lowest BCUT2D eigenvalue weighted by Gasteiger charge is -2.18. The molecule has 0 aliphatic carbocycles. The molecular formula is C8H11Cl3N2O. The van der Waals surface area contributed by atoms with Gasteiger partial charge >= 0.3 is 0 Å². The van der Waals surface area contributed by atoms with Crippen molar-refractivity contribution in [2.24, 2.45) is 0 Å². The van der Waals surface area contributed by atoms with Crippen LogP contribution in [0.4, 0.5) is 0 Å². The van der Waals surface area contributed by atoms with Gasteiger partial charge in [-0.05, 0) is 13.8 Å². The van der Waals surface area contributed by atoms with Crippen LogP contribution in [-0.4, -0.2) is 18.7 Å². The van der Waals surface area contributed by atoms with E-state index in [-0.39, 0.29) is 0 Å². The molecule has 1 atom stereocenters. The summed E-state index contributed by atoms with van der Waals surface area (Å²) in [6, 6.07) is 0. The summed E-state index contributed by atoms with van der Waals surface area (Å²) in [6.45, 7) is 4.50. The Morgan fingerprint density at radius 1 is 1.57 bits per heavy atom. The summed E-state index contributed by atoms with van der Waals surface area (Å²) in [5, 5.41) is 13.7. The quantitative estimate of drug-likeness (QED) is 0.827. The number of rotatable bonds is 2. The summed E-state index contributed by atoms with van der Waals surface area (Å²) in [4.78, 5) is 0. The molecule has 0 radical (unpaired) electrons. The fourth-order valence-electron chi connectivity index (χ4n) is 1.22. The van der Waals surface area contributed by atoms with E-state index in [1.54, 1.807) is 4.68 Å². The molecule has 6 heteroatoms. The number of aromatic nitrogens is 2. The Bertz CT molecular complexity index is 319. The molecule has 0 bridgehead atoms. The first kappa shape index (κ1) is 12.1. The van der Waals surface area contributed by atoms with Crippen LogP contribution >= 0.6 is 34.8 Å². The average Bonchev–Trinajstić information content (AvgIpc) is 2.43. The van der Waals surface area contributed by atoms with Crippen molar-refractivity contribution >= 4 is 34.8 Å². The van der Waals surface area contributed by atoms with E-state index in [0.717, 1.165) is 12.2 Å². The van der Waals surface area contributed by atoms with Crippen LogP contribution in [0.1, 0.15) is 24.3 Å². The lowest BCUT2D eigenvalue weighted by molar-refractivity contribution is 0.181. The van der Waals surface area contributed by atoms with E-state index in [4.69, 9.17) is 34.8 Å². The highest BCUT2D eigenvalue weighted by Crippen LogP contribution is 2.40. The van der Waals surface area contributed by atoms with Crippen molar-refractivity contribution in [3.63, 3.8) is 0 Å². The maximum absolute atomic E-state index is 9.70. The Balaban J connectivity index is 3.02. The standard InChI is InChI=1S/C8H11Cl3N2O/c1-3-13-5(2)6(4-12-13)7(14)8(9,10)11/h4,7,14H,3H2,1-2H3/t7-/m1/s1. The van der Waals surface area contributed by atoms with E-state index < -0.39 is 9.90 Å². The third-order valence-corrected chi connectivity index (χ3v) is 2.67. The van der Waals surface area contributed by atoms with Crippen molar-refractivity contribution < 1.29 is 5.11 Å². The molecule has 1 aromatic heterocycles. The highest BCUT2D eigenvalue weighted by Gasteiger charge is 2.34. The number of hydrogen-bond acceptors (Lipinski definition) is 2. The molecule has 0 aromatic carbocycles. The van der Waals surface area contributed by atoms with Crippen molar-refractivity contribution in [3.05, 3.63) is 17.5 Å². The van der Waals surface area contributed by atoms with Crippen LogP contribution in [-0.2, 0) is 6.54 Å². The maximum atomic E-state index is 9.70. The van der Waals surface area contributed by atoms with Gasteiger partial charge in [0.2, 0.25) is 3.79 Å². The zero-order valence-corrected chi connectivity index (χ0v) is 10.1. The molecule has 0 unspecified atom stereocenters. The predicted octanol–water partition coefficient (Wildman–Crippen LogP) is 2.62. The van der Waals surface area contributed by atoms with Gasteiger partial charge in [0, 0.05) is 17.8 Å². The molecule has 0 saturated heterocycles.